The fraction of sp³-hybridized carbons (Fsp3) is 0.385. The molecule has 7 heteroatoms. The van der Waals surface area contributed by atoms with Gasteiger partial charge in [-0.3, -0.25) is 9.69 Å². The number of anilines is 1. The van der Waals surface area contributed by atoms with Gasteiger partial charge in [-0.05, 0) is 6.07 Å². The monoisotopic (exact) mass is 277 g/mol. The van der Waals surface area contributed by atoms with Crippen molar-refractivity contribution in [3.8, 4) is 0 Å². The molecule has 0 spiro atoms. The van der Waals surface area contributed by atoms with Gasteiger partial charge in [0.2, 0.25) is 0 Å². The third-order valence-electron chi connectivity index (χ3n) is 3.30. The van der Waals surface area contributed by atoms with E-state index in [9.17, 15) is 9.59 Å². The van der Waals surface area contributed by atoms with E-state index in [1.165, 1.54) is 13.1 Å². The average molecular weight is 277 g/mol. The number of morpholine rings is 1. The highest BCUT2D eigenvalue weighted by Crippen LogP contribution is 2.22. The van der Waals surface area contributed by atoms with E-state index in [4.69, 9.17) is 9.15 Å². The molecular formula is C13H15N3O4. The Balaban J connectivity index is 1.77. The molecule has 0 radical (unpaired) electrons. The van der Waals surface area contributed by atoms with Gasteiger partial charge < -0.3 is 19.4 Å². The minimum absolute atomic E-state index is 0.223. The van der Waals surface area contributed by atoms with Crippen LogP contribution in [-0.4, -0.2) is 50.2 Å². The van der Waals surface area contributed by atoms with Crippen LogP contribution >= 0.6 is 0 Å². The molecule has 2 fully saturated rings. The Labute approximate surface area is 115 Å². The van der Waals surface area contributed by atoms with Crippen molar-refractivity contribution in [2.75, 3.05) is 38.3 Å². The summed E-state index contributed by atoms with van der Waals surface area (Å²) in [6.07, 6.45) is 1.54. The van der Waals surface area contributed by atoms with Gasteiger partial charge in [0.05, 0.1) is 13.2 Å². The molecule has 1 N–H and O–H groups in total. The third-order valence-corrected chi connectivity index (χ3v) is 3.30. The molecule has 2 aliphatic heterocycles. The van der Waals surface area contributed by atoms with Crippen LogP contribution < -0.4 is 10.2 Å². The van der Waals surface area contributed by atoms with Gasteiger partial charge in [-0.25, -0.2) is 4.79 Å². The quantitative estimate of drug-likeness (QED) is 0.634. The maximum Gasteiger partial charge on any atom is 0.328 e. The molecule has 0 bridgehead atoms. The summed E-state index contributed by atoms with van der Waals surface area (Å²) in [6, 6.07) is 3.19. The van der Waals surface area contributed by atoms with Crippen LogP contribution in [0.15, 0.2) is 22.2 Å². The van der Waals surface area contributed by atoms with E-state index in [0.717, 1.165) is 23.9 Å². The van der Waals surface area contributed by atoms with Crippen molar-refractivity contribution in [2.24, 2.45) is 0 Å². The van der Waals surface area contributed by atoms with Gasteiger partial charge in [0.15, 0.2) is 5.88 Å². The number of imide groups is 1. The predicted molar refractivity (Wildman–Crippen MR) is 71.0 cm³/mol. The standard InChI is InChI=1S/C13H15N3O4/c1-15-12(17)10(14-13(15)18)8-9-2-3-11(20-9)16-4-6-19-7-5-16/h2-3,8H,4-7H2,1H3,(H,14,18)/b10-8+. The lowest BCUT2D eigenvalue weighted by atomic mass is 10.3. The molecule has 0 unspecified atom stereocenters. The number of carbonyl (C=O) groups excluding carboxylic acids is 2. The second-order valence-electron chi connectivity index (χ2n) is 4.63. The van der Waals surface area contributed by atoms with Crippen molar-refractivity contribution in [1.82, 2.24) is 10.2 Å². The SMILES string of the molecule is CN1C(=O)N/C(=C/c2ccc(N3CCOCC3)o2)C1=O. The lowest BCUT2D eigenvalue weighted by Crippen LogP contribution is -2.35. The summed E-state index contributed by atoms with van der Waals surface area (Å²) >= 11 is 0. The zero-order chi connectivity index (χ0) is 14.1. The molecule has 3 heterocycles. The van der Waals surface area contributed by atoms with E-state index >= 15 is 0 Å². The van der Waals surface area contributed by atoms with Gasteiger partial charge in [-0.15, -0.1) is 0 Å². The Hall–Kier alpha value is -2.28. The minimum Gasteiger partial charge on any atom is -0.441 e. The molecule has 2 aliphatic rings. The van der Waals surface area contributed by atoms with E-state index in [1.54, 1.807) is 6.07 Å². The number of nitrogens with zero attached hydrogens (tertiary/aromatic N) is 2. The molecule has 3 amide bonds. The van der Waals surface area contributed by atoms with E-state index < -0.39 is 6.03 Å². The number of amides is 3. The second kappa shape index (κ2) is 5.01. The average Bonchev–Trinajstić information content (AvgIpc) is 3.02. The van der Waals surface area contributed by atoms with Gasteiger partial charge in [0, 0.05) is 32.3 Å². The fourth-order valence-corrected chi connectivity index (χ4v) is 2.14. The number of rotatable bonds is 2. The van der Waals surface area contributed by atoms with Crippen LogP contribution in [0.1, 0.15) is 5.76 Å². The summed E-state index contributed by atoms with van der Waals surface area (Å²) in [5.74, 6) is 0.912. The van der Waals surface area contributed by atoms with Crippen molar-refractivity contribution >= 4 is 23.9 Å². The number of hydrogen-bond donors (Lipinski definition) is 1. The summed E-state index contributed by atoms with van der Waals surface area (Å²) in [5, 5.41) is 2.50. The first kappa shape index (κ1) is 12.7. The first-order chi connectivity index (χ1) is 9.65. The Morgan fingerprint density at radius 1 is 1.25 bits per heavy atom. The van der Waals surface area contributed by atoms with Crippen LogP contribution in [0.3, 0.4) is 0 Å². The number of likely N-dealkylation sites (N-methyl/N-ethyl adjacent to an activating group) is 1. The smallest absolute Gasteiger partial charge is 0.328 e. The molecule has 20 heavy (non-hydrogen) atoms. The molecule has 3 rings (SSSR count). The summed E-state index contributed by atoms with van der Waals surface area (Å²) in [4.78, 5) is 26.2. The largest absolute Gasteiger partial charge is 0.441 e. The Bertz CT molecular complexity index is 572. The highest BCUT2D eigenvalue weighted by Gasteiger charge is 2.30. The van der Waals surface area contributed by atoms with E-state index in [2.05, 4.69) is 10.2 Å². The lowest BCUT2D eigenvalue weighted by Gasteiger charge is -2.26. The molecule has 0 aromatic carbocycles. The van der Waals surface area contributed by atoms with Gasteiger partial charge in [0.25, 0.3) is 5.91 Å². The third kappa shape index (κ3) is 2.27. The number of carbonyl (C=O) groups is 2. The number of hydrogen-bond acceptors (Lipinski definition) is 5. The van der Waals surface area contributed by atoms with E-state index in [1.807, 2.05) is 6.07 Å². The Morgan fingerprint density at radius 3 is 2.65 bits per heavy atom. The molecule has 0 atom stereocenters. The molecule has 106 valence electrons. The van der Waals surface area contributed by atoms with Crippen LogP contribution in [0.2, 0.25) is 0 Å². The minimum atomic E-state index is -0.429. The van der Waals surface area contributed by atoms with Crippen molar-refractivity contribution in [2.45, 2.75) is 0 Å². The molecule has 0 aliphatic carbocycles. The van der Waals surface area contributed by atoms with Crippen LogP contribution in [0, 0.1) is 0 Å². The second-order valence-corrected chi connectivity index (χ2v) is 4.63. The van der Waals surface area contributed by atoms with Crippen molar-refractivity contribution < 1.29 is 18.7 Å². The van der Waals surface area contributed by atoms with Crippen molar-refractivity contribution in [3.05, 3.63) is 23.6 Å². The van der Waals surface area contributed by atoms with E-state index in [-0.39, 0.29) is 11.6 Å². The molecule has 1 aromatic heterocycles. The number of furan rings is 1. The van der Waals surface area contributed by atoms with Crippen LogP contribution in [-0.2, 0) is 9.53 Å². The zero-order valence-corrected chi connectivity index (χ0v) is 11.1. The predicted octanol–water partition coefficient (Wildman–Crippen LogP) is 0.639. The maximum atomic E-state index is 11.7. The summed E-state index contributed by atoms with van der Waals surface area (Å²) in [6.45, 7) is 2.91. The zero-order valence-electron chi connectivity index (χ0n) is 11.1. The summed E-state index contributed by atoms with van der Waals surface area (Å²) < 4.78 is 11.0. The number of nitrogens with one attached hydrogen (secondary N) is 1. The van der Waals surface area contributed by atoms with E-state index in [0.29, 0.717) is 19.0 Å². The first-order valence-corrected chi connectivity index (χ1v) is 6.38. The van der Waals surface area contributed by atoms with Gasteiger partial charge in [-0.2, -0.15) is 0 Å². The van der Waals surface area contributed by atoms with Crippen molar-refractivity contribution in [3.63, 3.8) is 0 Å². The lowest BCUT2D eigenvalue weighted by molar-refractivity contribution is -0.121. The highest BCUT2D eigenvalue weighted by molar-refractivity contribution is 6.13. The Kier molecular flexibility index (Phi) is 3.19. The highest BCUT2D eigenvalue weighted by atomic mass is 16.5. The summed E-state index contributed by atoms with van der Waals surface area (Å²) in [5.41, 5.74) is 0.223. The van der Waals surface area contributed by atoms with Crippen LogP contribution in [0.5, 0.6) is 0 Å². The molecule has 2 saturated heterocycles. The molecule has 0 saturated carbocycles. The molecule has 7 nitrogen and oxygen atoms in total. The molecular weight excluding hydrogens is 262 g/mol. The van der Waals surface area contributed by atoms with Crippen LogP contribution in [0.4, 0.5) is 10.7 Å². The molecule has 1 aromatic rings. The fourth-order valence-electron chi connectivity index (χ4n) is 2.14. The van der Waals surface area contributed by atoms with Crippen molar-refractivity contribution in [1.29, 1.82) is 0 Å². The van der Waals surface area contributed by atoms with Gasteiger partial charge in [0.1, 0.15) is 11.5 Å². The Morgan fingerprint density at radius 2 is 2.00 bits per heavy atom. The van der Waals surface area contributed by atoms with Crippen LogP contribution in [0.25, 0.3) is 6.08 Å². The van der Waals surface area contributed by atoms with Gasteiger partial charge in [-0.1, -0.05) is 0 Å². The number of ether oxygens (including phenoxy) is 1. The summed E-state index contributed by atoms with van der Waals surface area (Å²) in [7, 11) is 1.43. The topological polar surface area (TPSA) is 75.0 Å². The number of urea groups is 1. The van der Waals surface area contributed by atoms with Gasteiger partial charge >= 0.3 is 6.03 Å². The maximum absolute atomic E-state index is 11.7. The first-order valence-electron chi connectivity index (χ1n) is 6.38. The normalized spacial score (nSPS) is 21.8.